The number of hydrogen-bond acceptors (Lipinski definition) is 1. The third-order valence-corrected chi connectivity index (χ3v) is 3.02. The van der Waals surface area contributed by atoms with E-state index in [1.807, 2.05) is 24.3 Å². The van der Waals surface area contributed by atoms with Crippen molar-refractivity contribution in [3.05, 3.63) is 52.8 Å². The summed E-state index contributed by atoms with van der Waals surface area (Å²) in [6, 6.07) is 12.1. The maximum absolute atomic E-state index is 13.2. The van der Waals surface area contributed by atoms with Crippen molar-refractivity contribution in [3.8, 4) is 16.9 Å². The van der Waals surface area contributed by atoms with Gasteiger partial charge in [-0.2, -0.15) is 0 Å². The van der Waals surface area contributed by atoms with Crippen LogP contribution in [-0.4, -0.2) is 7.11 Å². The zero-order chi connectivity index (χ0) is 11.5. The van der Waals surface area contributed by atoms with Gasteiger partial charge in [0.15, 0.2) is 0 Å². The first-order chi connectivity index (χ1) is 7.72. The van der Waals surface area contributed by atoms with Gasteiger partial charge in [-0.15, -0.1) is 0 Å². The lowest BCUT2D eigenvalue weighted by Gasteiger charge is -2.09. The first kappa shape index (κ1) is 11.1. The quantitative estimate of drug-likeness (QED) is 0.799. The molecule has 0 aliphatic rings. The van der Waals surface area contributed by atoms with E-state index in [1.165, 1.54) is 12.1 Å². The molecule has 2 aromatic carbocycles. The third kappa shape index (κ3) is 2.09. The molecule has 0 N–H and O–H groups in total. The minimum Gasteiger partial charge on any atom is -0.496 e. The normalized spacial score (nSPS) is 10.2. The molecule has 0 bridgehead atoms. The Hall–Kier alpha value is -1.35. The van der Waals surface area contributed by atoms with E-state index < -0.39 is 0 Å². The summed E-state index contributed by atoms with van der Waals surface area (Å²) in [5, 5.41) is 0. The first-order valence-electron chi connectivity index (χ1n) is 4.81. The standard InChI is InChI=1S/C13H10BrFO/c1-16-13-5-3-2-4-10(13)11-8-9(15)6-7-12(11)14/h2-8H,1H3. The fourth-order valence-electron chi connectivity index (χ4n) is 1.57. The minimum atomic E-state index is -0.260. The van der Waals surface area contributed by atoms with Gasteiger partial charge in [0.1, 0.15) is 11.6 Å². The van der Waals surface area contributed by atoms with Crippen molar-refractivity contribution in [2.75, 3.05) is 7.11 Å². The summed E-state index contributed by atoms with van der Waals surface area (Å²) in [7, 11) is 1.60. The molecular weight excluding hydrogens is 271 g/mol. The highest BCUT2D eigenvalue weighted by Gasteiger charge is 2.09. The Morgan fingerprint density at radius 1 is 1.06 bits per heavy atom. The number of hydrogen-bond donors (Lipinski definition) is 0. The second-order valence-corrected chi connectivity index (χ2v) is 4.18. The largest absolute Gasteiger partial charge is 0.496 e. The fraction of sp³-hybridized carbons (Fsp3) is 0.0769. The Labute approximate surface area is 102 Å². The zero-order valence-corrected chi connectivity index (χ0v) is 10.3. The minimum absolute atomic E-state index is 0.260. The Kier molecular flexibility index (Phi) is 3.25. The highest BCUT2D eigenvalue weighted by molar-refractivity contribution is 9.10. The van der Waals surface area contributed by atoms with Gasteiger partial charge in [0, 0.05) is 15.6 Å². The van der Waals surface area contributed by atoms with Crippen molar-refractivity contribution in [1.29, 1.82) is 0 Å². The average Bonchev–Trinajstić information content (AvgIpc) is 2.32. The van der Waals surface area contributed by atoms with E-state index in [2.05, 4.69) is 15.9 Å². The Bertz CT molecular complexity index is 511. The van der Waals surface area contributed by atoms with Gasteiger partial charge in [-0.25, -0.2) is 4.39 Å². The predicted molar refractivity (Wildman–Crippen MR) is 66.1 cm³/mol. The first-order valence-corrected chi connectivity index (χ1v) is 5.60. The van der Waals surface area contributed by atoms with E-state index in [9.17, 15) is 4.39 Å². The lowest BCUT2D eigenvalue weighted by molar-refractivity contribution is 0.416. The number of para-hydroxylation sites is 1. The summed E-state index contributed by atoms with van der Waals surface area (Å²) >= 11 is 3.41. The SMILES string of the molecule is COc1ccccc1-c1cc(F)ccc1Br. The molecule has 1 nitrogen and oxygen atoms in total. The number of halogens is 2. The Morgan fingerprint density at radius 2 is 1.81 bits per heavy atom. The number of methoxy groups -OCH3 is 1. The van der Waals surface area contributed by atoms with Crippen LogP contribution in [0.5, 0.6) is 5.75 Å². The van der Waals surface area contributed by atoms with Crippen LogP contribution in [0, 0.1) is 5.82 Å². The zero-order valence-electron chi connectivity index (χ0n) is 8.71. The van der Waals surface area contributed by atoms with E-state index >= 15 is 0 Å². The van der Waals surface area contributed by atoms with Crippen LogP contribution < -0.4 is 4.74 Å². The molecule has 3 heteroatoms. The summed E-state index contributed by atoms with van der Waals surface area (Å²) in [5.74, 6) is 0.470. The number of ether oxygens (including phenoxy) is 1. The van der Waals surface area contributed by atoms with Gasteiger partial charge in [0.25, 0.3) is 0 Å². The molecule has 0 saturated carbocycles. The summed E-state index contributed by atoms with van der Waals surface area (Å²) in [6.07, 6.45) is 0. The summed E-state index contributed by atoms with van der Waals surface area (Å²) in [6.45, 7) is 0. The van der Waals surface area contributed by atoms with Crippen molar-refractivity contribution in [2.24, 2.45) is 0 Å². The second-order valence-electron chi connectivity index (χ2n) is 3.32. The second kappa shape index (κ2) is 4.66. The van der Waals surface area contributed by atoms with Gasteiger partial charge in [-0.1, -0.05) is 34.1 Å². The Morgan fingerprint density at radius 3 is 2.56 bits per heavy atom. The molecule has 0 saturated heterocycles. The summed E-state index contributed by atoms with van der Waals surface area (Å²) in [4.78, 5) is 0. The molecule has 0 aromatic heterocycles. The van der Waals surface area contributed by atoms with E-state index in [0.717, 1.165) is 21.3 Å². The molecule has 0 heterocycles. The summed E-state index contributed by atoms with van der Waals surface area (Å²) in [5.41, 5.74) is 1.66. The highest BCUT2D eigenvalue weighted by Crippen LogP contribution is 2.34. The maximum atomic E-state index is 13.2. The monoisotopic (exact) mass is 280 g/mol. The molecule has 0 fully saturated rings. The lowest BCUT2D eigenvalue weighted by atomic mass is 10.0. The average molecular weight is 281 g/mol. The molecule has 0 unspecified atom stereocenters. The molecule has 0 spiro atoms. The van der Waals surface area contributed by atoms with Crippen LogP contribution in [0.4, 0.5) is 4.39 Å². The van der Waals surface area contributed by atoms with Crippen molar-refractivity contribution >= 4 is 15.9 Å². The molecule has 0 radical (unpaired) electrons. The van der Waals surface area contributed by atoms with Crippen LogP contribution in [0.25, 0.3) is 11.1 Å². The number of rotatable bonds is 2. The van der Waals surface area contributed by atoms with Crippen LogP contribution in [0.2, 0.25) is 0 Å². The molecule has 0 aliphatic heterocycles. The van der Waals surface area contributed by atoms with Crippen molar-refractivity contribution in [3.63, 3.8) is 0 Å². The van der Waals surface area contributed by atoms with E-state index in [1.54, 1.807) is 13.2 Å². The van der Waals surface area contributed by atoms with Gasteiger partial charge >= 0.3 is 0 Å². The van der Waals surface area contributed by atoms with Crippen molar-refractivity contribution in [2.45, 2.75) is 0 Å². The maximum Gasteiger partial charge on any atom is 0.126 e. The van der Waals surface area contributed by atoms with Gasteiger partial charge in [0.05, 0.1) is 7.11 Å². The molecule has 0 atom stereocenters. The van der Waals surface area contributed by atoms with Crippen molar-refractivity contribution in [1.82, 2.24) is 0 Å². The molecule has 2 rings (SSSR count). The van der Waals surface area contributed by atoms with E-state index in [4.69, 9.17) is 4.74 Å². The predicted octanol–water partition coefficient (Wildman–Crippen LogP) is 4.26. The van der Waals surface area contributed by atoms with E-state index in [0.29, 0.717) is 0 Å². The lowest BCUT2D eigenvalue weighted by Crippen LogP contribution is -1.89. The van der Waals surface area contributed by atoms with Crippen LogP contribution in [-0.2, 0) is 0 Å². The molecule has 0 amide bonds. The summed E-state index contributed by atoms with van der Waals surface area (Å²) < 4.78 is 19.3. The topological polar surface area (TPSA) is 9.23 Å². The number of benzene rings is 2. The molecule has 0 aliphatic carbocycles. The van der Waals surface area contributed by atoms with Gasteiger partial charge in [-0.05, 0) is 24.3 Å². The fourth-order valence-corrected chi connectivity index (χ4v) is 2.03. The van der Waals surface area contributed by atoms with Crippen LogP contribution in [0.15, 0.2) is 46.9 Å². The molecular formula is C13H10BrFO. The molecule has 82 valence electrons. The van der Waals surface area contributed by atoms with Crippen LogP contribution >= 0.6 is 15.9 Å². The smallest absolute Gasteiger partial charge is 0.126 e. The van der Waals surface area contributed by atoms with Gasteiger partial charge in [0.2, 0.25) is 0 Å². The molecule has 16 heavy (non-hydrogen) atoms. The highest BCUT2D eigenvalue weighted by atomic mass is 79.9. The molecule has 2 aromatic rings. The van der Waals surface area contributed by atoms with Crippen LogP contribution in [0.1, 0.15) is 0 Å². The Balaban J connectivity index is 2.62. The van der Waals surface area contributed by atoms with Crippen molar-refractivity contribution < 1.29 is 9.13 Å². The van der Waals surface area contributed by atoms with Crippen LogP contribution in [0.3, 0.4) is 0 Å². The van der Waals surface area contributed by atoms with E-state index in [-0.39, 0.29) is 5.82 Å². The van der Waals surface area contributed by atoms with Gasteiger partial charge < -0.3 is 4.74 Å². The third-order valence-electron chi connectivity index (χ3n) is 2.33. The van der Waals surface area contributed by atoms with Gasteiger partial charge in [-0.3, -0.25) is 0 Å².